The van der Waals surface area contributed by atoms with Crippen LogP contribution in [0.15, 0.2) is 64.0 Å². The molecule has 128 valence electrons. The molecule has 2 heterocycles. The normalized spacial score (nSPS) is 16.4. The molecule has 4 rings (SSSR count). The summed E-state index contributed by atoms with van der Waals surface area (Å²) in [4.78, 5) is 16.8. The molecule has 0 amide bonds. The van der Waals surface area contributed by atoms with Gasteiger partial charge in [-0.1, -0.05) is 36.4 Å². The van der Waals surface area contributed by atoms with Gasteiger partial charge >= 0.3 is 5.63 Å². The standard InChI is InChI=1S/C21H22N2O2/c1-22-9-11-23(12-10-22)14-16-5-4-6-17(13-16)20-15-25-21(24)19-8-3-2-7-18(19)20/h2-8,13,15H,9-12,14H2,1H3. The summed E-state index contributed by atoms with van der Waals surface area (Å²) in [6.45, 7) is 5.40. The van der Waals surface area contributed by atoms with Gasteiger partial charge in [-0.05, 0) is 35.7 Å². The molecule has 0 aliphatic carbocycles. The second-order valence-electron chi connectivity index (χ2n) is 6.76. The van der Waals surface area contributed by atoms with Crippen molar-refractivity contribution in [3.8, 4) is 11.1 Å². The van der Waals surface area contributed by atoms with E-state index in [1.807, 2.05) is 24.3 Å². The molecule has 0 unspecified atom stereocenters. The predicted octanol–water partition coefficient (Wildman–Crippen LogP) is 3.21. The number of nitrogens with zero attached hydrogens (tertiary/aromatic N) is 2. The summed E-state index contributed by atoms with van der Waals surface area (Å²) >= 11 is 0. The number of hydrogen-bond donors (Lipinski definition) is 0. The second-order valence-corrected chi connectivity index (χ2v) is 6.76. The predicted molar refractivity (Wildman–Crippen MR) is 101 cm³/mol. The van der Waals surface area contributed by atoms with E-state index in [-0.39, 0.29) is 5.63 Å². The minimum atomic E-state index is -0.284. The van der Waals surface area contributed by atoms with Crippen LogP contribution < -0.4 is 5.63 Å². The van der Waals surface area contributed by atoms with Gasteiger partial charge in [-0.3, -0.25) is 4.90 Å². The van der Waals surface area contributed by atoms with Gasteiger partial charge < -0.3 is 9.32 Å². The van der Waals surface area contributed by atoms with Crippen LogP contribution in [0.1, 0.15) is 5.56 Å². The highest BCUT2D eigenvalue weighted by Gasteiger charge is 2.14. The van der Waals surface area contributed by atoms with Gasteiger partial charge in [-0.25, -0.2) is 4.79 Å². The van der Waals surface area contributed by atoms with E-state index >= 15 is 0 Å². The third kappa shape index (κ3) is 3.36. The van der Waals surface area contributed by atoms with E-state index in [1.165, 1.54) is 5.56 Å². The molecule has 1 aromatic heterocycles. The fraction of sp³-hybridized carbons (Fsp3) is 0.286. The molecular weight excluding hydrogens is 312 g/mol. The Morgan fingerprint density at radius 1 is 0.960 bits per heavy atom. The van der Waals surface area contributed by atoms with Crippen molar-refractivity contribution < 1.29 is 4.42 Å². The lowest BCUT2D eigenvalue weighted by molar-refractivity contribution is 0.148. The van der Waals surface area contributed by atoms with Crippen molar-refractivity contribution in [3.63, 3.8) is 0 Å². The van der Waals surface area contributed by atoms with E-state index < -0.39 is 0 Å². The van der Waals surface area contributed by atoms with Crippen LogP contribution >= 0.6 is 0 Å². The average Bonchev–Trinajstić information content (AvgIpc) is 2.64. The lowest BCUT2D eigenvalue weighted by atomic mass is 9.99. The molecule has 0 bridgehead atoms. The summed E-state index contributed by atoms with van der Waals surface area (Å²) in [5.41, 5.74) is 3.06. The van der Waals surface area contributed by atoms with Crippen LogP contribution in [0.25, 0.3) is 21.9 Å². The number of piperazine rings is 1. The molecule has 0 saturated carbocycles. The summed E-state index contributed by atoms with van der Waals surface area (Å²) in [6, 6.07) is 16.2. The molecule has 4 nitrogen and oxygen atoms in total. The van der Waals surface area contributed by atoms with Crippen LogP contribution in [-0.2, 0) is 6.54 Å². The van der Waals surface area contributed by atoms with Crippen molar-refractivity contribution >= 4 is 10.8 Å². The van der Waals surface area contributed by atoms with E-state index in [0.29, 0.717) is 5.39 Å². The van der Waals surface area contributed by atoms with Crippen LogP contribution in [0.4, 0.5) is 0 Å². The Morgan fingerprint density at radius 2 is 1.72 bits per heavy atom. The van der Waals surface area contributed by atoms with Gasteiger partial charge in [0.05, 0.1) is 5.39 Å². The van der Waals surface area contributed by atoms with Crippen molar-refractivity contribution in [1.82, 2.24) is 9.80 Å². The van der Waals surface area contributed by atoms with Gasteiger partial charge in [0.25, 0.3) is 0 Å². The molecule has 2 aromatic carbocycles. The van der Waals surface area contributed by atoms with Crippen LogP contribution in [0.3, 0.4) is 0 Å². The maximum atomic E-state index is 11.9. The summed E-state index contributed by atoms with van der Waals surface area (Å²) in [6.07, 6.45) is 1.58. The summed E-state index contributed by atoms with van der Waals surface area (Å²) in [7, 11) is 2.17. The number of hydrogen-bond acceptors (Lipinski definition) is 4. The van der Waals surface area contributed by atoms with Crippen molar-refractivity contribution in [2.45, 2.75) is 6.54 Å². The quantitative estimate of drug-likeness (QED) is 0.737. The summed E-state index contributed by atoms with van der Waals surface area (Å²) in [5, 5.41) is 1.57. The Labute approximate surface area is 147 Å². The Bertz CT molecular complexity index is 940. The second kappa shape index (κ2) is 6.82. The van der Waals surface area contributed by atoms with E-state index in [4.69, 9.17) is 4.42 Å². The SMILES string of the molecule is CN1CCN(Cc2cccc(-c3coc(=O)c4ccccc34)c2)CC1. The molecule has 0 N–H and O–H groups in total. The third-order valence-electron chi connectivity index (χ3n) is 4.96. The smallest absolute Gasteiger partial charge is 0.343 e. The highest BCUT2D eigenvalue weighted by Crippen LogP contribution is 2.27. The lowest BCUT2D eigenvalue weighted by Crippen LogP contribution is -2.43. The van der Waals surface area contributed by atoms with Gasteiger partial charge in [-0.15, -0.1) is 0 Å². The van der Waals surface area contributed by atoms with E-state index in [2.05, 4.69) is 41.1 Å². The molecule has 4 heteroatoms. The lowest BCUT2D eigenvalue weighted by Gasteiger charge is -2.32. The van der Waals surface area contributed by atoms with Crippen molar-refractivity contribution in [2.24, 2.45) is 0 Å². The monoisotopic (exact) mass is 334 g/mol. The molecule has 1 aliphatic rings. The zero-order valence-electron chi connectivity index (χ0n) is 14.4. The highest BCUT2D eigenvalue weighted by atomic mass is 16.4. The molecule has 25 heavy (non-hydrogen) atoms. The van der Waals surface area contributed by atoms with Gasteiger partial charge in [0.2, 0.25) is 0 Å². The zero-order chi connectivity index (χ0) is 17.2. The molecule has 0 spiro atoms. The average molecular weight is 334 g/mol. The topological polar surface area (TPSA) is 36.7 Å². The zero-order valence-corrected chi connectivity index (χ0v) is 14.4. The molecule has 1 fully saturated rings. The Kier molecular flexibility index (Phi) is 4.38. The van der Waals surface area contributed by atoms with E-state index in [9.17, 15) is 4.79 Å². The van der Waals surface area contributed by atoms with Crippen LogP contribution in [0, 0.1) is 0 Å². The molecule has 0 radical (unpaired) electrons. The largest absolute Gasteiger partial charge is 0.430 e. The minimum Gasteiger partial charge on any atom is -0.430 e. The van der Waals surface area contributed by atoms with Crippen LogP contribution in [-0.4, -0.2) is 43.0 Å². The van der Waals surface area contributed by atoms with E-state index in [0.717, 1.165) is 49.2 Å². The first-order valence-electron chi connectivity index (χ1n) is 8.71. The fourth-order valence-corrected chi connectivity index (χ4v) is 3.46. The first-order chi connectivity index (χ1) is 12.2. The minimum absolute atomic E-state index is 0.284. The van der Waals surface area contributed by atoms with E-state index in [1.54, 1.807) is 6.26 Å². The maximum absolute atomic E-state index is 11.9. The first-order valence-corrected chi connectivity index (χ1v) is 8.71. The number of likely N-dealkylation sites (N-methyl/N-ethyl adjacent to an activating group) is 1. The summed E-state index contributed by atoms with van der Waals surface area (Å²) in [5.74, 6) is 0. The highest BCUT2D eigenvalue weighted by molar-refractivity contribution is 5.95. The van der Waals surface area contributed by atoms with Crippen LogP contribution in [0.2, 0.25) is 0 Å². The Morgan fingerprint density at radius 3 is 2.52 bits per heavy atom. The van der Waals surface area contributed by atoms with Gasteiger partial charge in [0.1, 0.15) is 6.26 Å². The molecule has 1 aliphatic heterocycles. The fourth-order valence-electron chi connectivity index (χ4n) is 3.46. The first kappa shape index (κ1) is 16.1. The summed E-state index contributed by atoms with van der Waals surface area (Å²) < 4.78 is 5.26. The van der Waals surface area contributed by atoms with Crippen molar-refractivity contribution in [2.75, 3.05) is 33.2 Å². The van der Waals surface area contributed by atoms with Crippen LogP contribution in [0.5, 0.6) is 0 Å². The Hall–Kier alpha value is -2.43. The molecular formula is C21H22N2O2. The molecule has 3 aromatic rings. The van der Waals surface area contributed by atoms with Gasteiger partial charge in [-0.2, -0.15) is 0 Å². The van der Waals surface area contributed by atoms with Crippen molar-refractivity contribution in [3.05, 3.63) is 70.8 Å². The number of rotatable bonds is 3. The number of fused-ring (bicyclic) bond motifs is 1. The van der Waals surface area contributed by atoms with Gasteiger partial charge in [0.15, 0.2) is 0 Å². The maximum Gasteiger partial charge on any atom is 0.343 e. The van der Waals surface area contributed by atoms with Gasteiger partial charge in [0, 0.05) is 38.3 Å². The Balaban J connectivity index is 1.66. The van der Waals surface area contributed by atoms with Crippen molar-refractivity contribution in [1.29, 1.82) is 0 Å². The third-order valence-corrected chi connectivity index (χ3v) is 4.96. The number of benzene rings is 2. The molecule has 1 saturated heterocycles. The molecule has 0 atom stereocenters.